The summed E-state index contributed by atoms with van der Waals surface area (Å²) in [6, 6.07) is 24.6. The summed E-state index contributed by atoms with van der Waals surface area (Å²) in [5, 5.41) is 4.05. The number of rotatable bonds is 7. The van der Waals surface area contributed by atoms with Gasteiger partial charge in [-0.05, 0) is 41.0 Å². The number of benzene rings is 3. The summed E-state index contributed by atoms with van der Waals surface area (Å²) in [6.07, 6.45) is 1.61. The maximum atomic E-state index is 12.8. The maximum Gasteiger partial charge on any atom is 0.254 e. The molecule has 3 aromatic carbocycles. The Morgan fingerprint density at radius 3 is 2.15 bits per heavy atom. The Morgan fingerprint density at radius 1 is 0.882 bits per heavy atom. The van der Waals surface area contributed by atoms with Crippen LogP contribution in [0.4, 0.5) is 0 Å². The second-order valence-corrected chi connectivity index (χ2v) is 10.8. The van der Waals surface area contributed by atoms with E-state index in [4.69, 9.17) is 0 Å². The molecule has 176 valence electrons. The SMILES string of the molecule is O=C(CN1CCN(S(=O)(=O)c2ccc(Br)cc2)CC1)N/N=C\c1ccc(-c2ccccc2)cc1. The molecule has 0 aliphatic carbocycles. The van der Waals surface area contributed by atoms with Crippen LogP contribution < -0.4 is 5.43 Å². The minimum Gasteiger partial charge on any atom is -0.292 e. The van der Waals surface area contributed by atoms with Crippen molar-refractivity contribution >= 4 is 38.1 Å². The molecule has 0 aromatic heterocycles. The monoisotopic (exact) mass is 540 g/mol. The van der Waals surface area contributed by atoms with Crippen LogP contribution in [-0.2, 0) is 14.8 Å². The summed E-state index contributed by atoms with van der Waals surface area (Å²) < 4.78 is 27.9. The number of carbonyl (C=O) groups is 1. The number of piperazine rings is 1. The van der Waals surface area contributed by atoms with Gasteiger partial charge in [0.2, 0.25) is 10.0 Å². The van der Waals surface area contributed by atoms with E-state index in [-0.39, 0.29) is 17.3 Å². The lowest BCUT2D eigenvalue weighted by Gasteiger charge is -2.33. The lowest BCUT2D eigenvalue weighted by Crippen LogP contribution is -2.50. The lowest BCUT2D eigenvalue weighted by atomic mass is 10.0. The highest BCUT2D eigenvalue weighted by Gasteiger charge is 2.28. The molecule has 3 aromatic rings. The molecule has 4 rings (SSSR count). The van der Waals surface area contributed by atoms with Crippen molar-refractivity contribution in [3.05, 3.63) is 88.9 Å². The van der Waals surface area contributed by atoms with Crippen LogP contribution in [-0.4, -0.2) is 62.5 Å². The number of hydrogen-bond donors (Lipinski definition) is 1. The standard InChI is InChI=1S/C25H25BrN4O3S/c26-23-10-12-24(13-11-23)34(32,33)30-16-14-29(15-17-30)19-25(31)28-27-18-20-6-8-22(9-7-20)21-4-2-1-3-5-21/h1-13,18H,14-17,19H2,(H,28,31)/b27-18-. The fourth-order valence-electron chi connectivity index (χ4n) is 3.69. The van der Waals surface area contributed by atoms with Crippen molar-refractivity contribution in [2.24, 2.45) is 5.10 Å². The van der Waals surface area contributed by atoms with Gasteiger partial charge in [0.05, 0.1) is 17.7 Å². The Labute approximate surface area is 208 Å². The number of halogens is 1. The fraction of sp³-hybridized carbons (Fsp3) is 0.200. The van der Waals surface area contributed by atoms with E-state index < -0.39 is 10.0 Å². The van der Waals surface area contributed by atoms with Crippen LogP contribution in [0.2, 0.25) is 0 Å². The molecule has 0 atom stereocenters. The van der Waals surface area contributed by atoms with Gasteiger partial charge in [-0.3, -0.25) is 9.69 Å². The number of amides is 1. The number of nitrogens with one attached hydrogen (secondary N) is 1. The minimum atomic E-state index is -3.53. The number of nitrogens with zero attached hydrogens (tertiary/aromatic N) is 3. The molecule has 0 unspecified atom stereocenters. The van der Waals surface area contributed by atoms with Crippen molar-refractivity contribution in [3.8, 4) is 11.1 Å². The van der Waals surface area contributed by atoms with Crippen molar-refractivity contribution in [2.45, 2.75) is 4.90 Å². The molecular formula is C25H25BrN4O3S. The Balaban J connectivity index is 1.23. The number of carbonyl (C=O) groups excluding carboxylic acids is 1. The summed E-state index contributed by atoms with van der Waals surface area (Å²) in [5.41, 5.74) is 5.69. The van der Waals surface area contributed by atoms with Gasteiger partial charge in [0.25, 0.3) is 5.91 Å². The Morgan fingerprint density at radius 2 is 1.50 bits per heavy atom. The average Bonchev–Trinajstić information content (AvgIpc) is 2.86. The molecule has 34 heavy (non-hydrogen) atoms. The molecule has 7 nitrogen and oxygen atoms in total. The van der Waals surface area contributed by atoms with Crippen molar-refractivity contribution < 1.29 is 13.2 Å². The molecule has 1 amide bonds. The van der Waals surface area contributed by atoms with Gasteiger partial charge in [0.15, 0.2) is 0 Å². The first kappa shape index (κ1) is 24.3. The van der Waals surface area contributed by atoms with E-state index in [9.17, 15) is 13.2 Å². The predicted molar refractivity (Wildman–Crippen MR) is 137 cm³/mol. The molecule has 1 fully saturated rings. The average molecular weight is 541 g/mol. The second kappa shape index (κ2) is 11.1. The first-order valence-corrected chi connectivity index (χ1v) is 13.1. The van der Waals surface area contributed by atoms with Gasteiger partial charge in [-0.25, -0.2) is 13.8 Å². The van der Waals surface area contributed by atoms with Gasteiger partial charge in [0.1, 0.15) is 0 Å². The van der Waals surface area contributed by atoms with E-state index in [1.807, 2.05) is 47.4 Å². The van der Waals surface area contributed by atoms with Crippen molar-refractivity contribution in [2.75, 3.05) is 32.7 Å². The summed E-state index contributed by atoms with van der Waals surface area (Å²) in [6.45, 7) is 1.80. The number of hydrazone groups is 1. The van der Waals surface area contributed by atoms with Crippen LogP contribution in [0.15, 0.2) is 93.3 Å². The third-order valence-corrected chi connectivity index (χ3v) is 8.01. The summed E-state index contributed by atoms with van der Waals surface area (Å²) in [4.78, 5) is 14.5. The highest BCUT2D eigenvalue weighted by molar-refractivity contribution is 9.10. The van der Waals surface area contributed by atoms with Gasteiger partial charge < -0.3 is 0 Å². The van der Waals surface area contributed by atoms with Gasteiger partial charge in [-0.1, -0.05) is 70.5 Å². The topological polar surface area (TPSA) is 82.1 Å². The van der Waals surface area contributed by atoms with Crippen molar-refractivity contribution in [1.82, 2.24) is 14.6 Å². The van der Waals surface area contributed by atoms with Crippen LogP contribution in [0.1, 0.15) is 5.56 Å². The van der Waals surface area contributed by atoms with Crippen LogP contribution in [0, 0.1) is 0 Å². The summed E-state index contributed by atoms with van der Waals surface area (Å²) in [5.74, 6) is -0.235. The molecule has 9 heteroatoms. The molecule has 1 heterocycles. The van der Waals surface area contributed by atoms with E-state index in [0.29, 0.717) is 26.2 Å². The van der Waals surface area contributed by atoms with E-state index >= 15 is 0 Å². The first-order valence-electron chi connectivity index (χ1n) is 10.9. The summed E-state index contributed by atoms with van der Waals surface area (Å²) in [7, 11) is -3.53. The molecule has 0 bridgehead atoms. The van der Waals surface area contributed by atoms with Crippen LogP contribution in [0.3, 0.4) is 0 Å². The van der Waals surface area contributed by atoms with Gasteiger partial charge in [-0.2, -0.15) is 9.41 Å². The lowest BCUT2D eigenvalue weighted by molar-refractivity contribution is -0.122. The third kappa shape index (κ3) is 6.18. The van der Waals surface area contributed by atoms with Crippen LogP contribution >= 0.6 is 15.9 Å². The Bertz CT molecular complexity index is 1240. The largest absolute Gasteiger partial charge is 0.292 e. The summed E-state index contributed by atoms with van der Waals surface area (Å²) >= 11 is 3.32. The highest BCUT2D eigenvalue weighted by atomic mass is 79.9. The normalized spacial score (nSPS) is 15.4. The van der Waals surface area contributed by atoms with Crippen molar-refractivity contribution in [3.63, 3.8) is 0 Å². The van der Waals surface area contributed by atoms with Gasteiger partial charge >= 0.3 is 0 Å². The fourth-order valence-corrected chi connectivity index (χ4v) is 5.38. The van der Waals surface area contributed by atoms with E-state index in [2.05, 4.69) is 38.6 Å². The second-order valence-electron chi connectivity index (χ2n) is 7.92. The number of hydrogen-bond acceptors (Lipinski definition) is 5. The molecule has 1 aliphatic heterocycles. The maximum absolute atomic E-state index is 12.8. The van der Waals surface area contributed by atoms with Gasteiger partial charge in [-0.15, -0.1) is 0 Å². The van der Waals surface area contributed by atoms with E-state index in [0.717, 1.165) is 21.2 Å². The third-order valence-electron chi connectivity index (χ3n) is 5.57. The minimum absolute atomic E-state index is 0.163. The van der Waals surface area contributed by atoms with Crippen LogP contribution in [0.5, 0.6) is 0 Å². The molecule has 0 spiro atoms. The van der Waals surface area contributed by atoms with Crippen LogP contribution in [0.25, 0.3) is 11.1 Å². The Kier molecular flexibility index (Phi) is 7.89. The molecule has 1 N–H and O–H groups in total. The molecule has 1 saturated heterocycles. The van der Waals surface area contributed by atoms with Gasteiger partial charge in [0, 0.05) is 30.7 Å². The highest BCUT2D eigenvalue weighted by Crippen LogP contribution is 2.20. The smallest absolute Gasteiger partial charge is 0.254 e. The van der Waals surface area contributed by atoms with Crippen molar-refractivity contribution in [1.29, 1.82) is 0 Å². The molecule has 0 saturated carbocycles. The zero-order valence-corrected chi connectivity index (χ0v) is 20.9. The molecular weight excluding hydrogens is 516 g/mol. The zero-order valence-electron chi connectivity index (χ0n) is 18.5. The number of sulfonamides is 1. The first-order chi connectivity index (χ1) is 16.4. The van der Waals surface area contributed by atoms with E-state index in [1.54, 1.807) is 30.5 Å². The Hall–Kier alpha value is -2.85. The van der Waals surface area contributed by atoms with E-state index in [1.165, 1.54) is 4.31 Å². The molecule has 1 aliphatic rings. The molecule has 0 radical (unpaired) electrons. The zero-order chi connectivity index (χ0) is 24.0. The predicted octanol–water partition coefficient (Wildman–Crippen LogP) is 3.57. The quantitative estimate of drug-likeness (QED) is 0.367.